The third-order valence-electron chi connectivity index (χ3n) is 3.69. The highest BCUT2D eigenvalue weighted by Gasteiger charge is 2.23. The summed E-state index contributed by atoms with van der Waals surface area (Å²) in [4.78, 5) is 21.3. The minimum Gasteiger partial charge on any atom is -0.477 e. The van der Waals surface area contributed by atoms with Crippen molar-refractivity contribution in [3.05, 3.63) is 39.4 Å². The Kier molecular flexibility index (Phi) is 4.68. The summed E-state index contributed by atoms with van der Waals surface area (Å²) in [5, 5.41) is 20.0. The third-order valence-corrected chi connectivity index (χ3v) is 3.69. The Morgan fingerprint density at radius 2 is 2.20 bits per heavy atom. The number of carboxylic acid groups (broad SMARTS) is 1. The SMILES string of the molecule is O=C(O)c1c(COCCC2CCC2)cccc1[N+](=O)[O-]. The van der Waals surface area contributed by atoms with Gasteiger partial charge in [-0.05, 0) is 17.9 Å². The monoisotopic (exact) mass is 279 g/mol. The number of nitro benzene ring substituents is 1. The summed E-state index contributed by atoms with van der Waals surface area (Å²) in [7, 11) is 0. The molecule has 0 aromatic heterocycles. The molecule has 1 aliphatic carbocycles. The number of nitro groups is 1. The summed E-state index contributed by atoms with van der Waals surface area (Å²) in [6, 6.07) is 4.23. The minimum atomic E-state index is -1.30. The largest absolute Gasteiger partial charge is 0.477 e. The molecule has 1 aromatic carbocycles. The second-order valence-electron chi connectivity index (χ2n) is 5.01. The van der Waals surface area contributed by atoms with E-state index in [-0.39, 0.29) is 12.2 Å². The fourth-order valence-corrected chi connectivity index (χ4v) is 2.32. The van der Waals surface area contributed by atoms with Crippen molar-refractivity contribution in [2.75, 3.05) is 6.61 Å². The van der Waals surface area contributed by atoms with Crippen LogP contribution in [0.5, 0.6) is 0 Å². The number of carboxylic acids is 1. The van der Waals surface area contributed by atoms with Crippen molar-refractivity contribution in [1.29, 1.82) is 0 Å². The Balaban J connectivity index is 2.00. The summed E-state index contributed by atoms with van der Waals surface area (Å²) < 4.78 is 5.47. The van der Waals surface area contributed by atoms with Crippen LogP contribution in [0.1, 0.15) is 41.6 Å². The van der Waals surface area contributed by atoms with Crippen LogP contribution in [0.15, 0.2) is 18.2 Å². The maximum absolute atomic E-state index is 11.2. The maximum Gasteiger partial charge on any atom is 0.343 e. The fourth-order valence-electron chi connectivity index (χ4n) is 2.32. The van der Waals surface area contributed by atoms with Crippen molar-refractivity contribution in [1.82, 2.24) is 0 Å². The maximum atomic E-state index is 11.2. The molecule has 1 saturated carbocycles. The van der Waals surface area contributed by atoms with Gasteiger partial charge in [-0.2, -0.15) is 0 Å². The van der Waals surface area contributed by atoms with E-state index in [4.69, 9.17) is 9.84 Å². The van der Waals surface area contributed by atoms with Gasteiger partial charge in [0.05, 0.1) is 11.5 Å². The number of aromatic carboxylic acids is 1. The highest BCUT2D eigenvalue weighted by atomic mass is 16.6. The van der Waals surface area contributed by atoms with E-state index >= 15 is 0 Å². The molecule has 0 atom stereocenters. The van der Waals surface area contributed by atoms with Gasteiger partial charge in [0.1, 0.15) is 5.56 Å². The lowest BCUT2D eigenvalue weighted by Crippen LogP contribution is -2.14. The molecule has 108 valence electrons. The van der Waals surface area contributed by atoms with Gasteiger partial charge >= 0.3 is 5.97 Å². The van der Waals surface area contributed by atoms with E-state index in [0.717, 1.165) is 12.3 Å². The Bertz CT molecular complexity index is 510. The summed E-state index contributed by atoms with van der Waals surface area (Å²) >= 11 is 0. The van der Waals surface area contributed by atoms with E-state index in [2.05, 4.69) is 0 Å². The Morgan fingerprint density at radius 1 is 1.45 bits per heavy atom. The molecule has 1 fully saturated rings. The molecular weight excluding hydrogens is 262 g/mol. The average Bonchev–Trinajstić information content (AvgIpc) is 2.35. The first-order valence-electron chi connectivity index (χ1n) is 6.67. The molecule has 2 rings (SSSR count). The standard InChI is InChI=1S/C14H17NO5/c16-14(17)13-11(5-2-6-12(13)15(18)19)9-20-8-7-10-3-1-4-10/h2,5-6,10H,1,3-4,7-9H2,(H,16,17). The van der Waals surface area contributed by atoms with Crippen LogP contribution in [0.2, 0.25) is 0 Å². The molecule has 1 N–H and O–H groups in total. The lowest BCUT2D eigenvalue weighted by atomic mass is 9.83. The van der Waals surface area contributed by atoms with E-state index in [0.29, 0.717) is 12.2 Å². The van der Waals surface area contributed by atoms with Crippen molar-refractivity contribution in [2.45, 2.75) is 32.3 Å². The third kappa shape index (κ3) is 3.33. The highest BCUT2D eigenvalue weighted by Crippen LogP contribution is 2.29. The van der Waals surface area contributed by atoms with Crippen LogP contribution in [0, 0.1) is 16.0 Å². The lowest BCUT2D eigenvalue weighted by molar-refractivity contribution is -0.385. The van der Waals surface area contributed by atoms with E-state index in [1.54, 1.807) is 6.07 Å². The normalized spacial score (nSPS) is 14.8. The average molecular weight is 279 g/mol. The predicted molar refractivity (Wildman–Crippen MR) is 71.7 cm³/mol. The molecule has 0 spiro atoms. The first-order valence-corrected chi connectivity index (χ1v) is 6.67. The first-order chi connectivity index (χ1) is 9.59. The van der Waals surface area contributed by atoms with Crippen LogP contribution in [0.25, 0.3) is 0 Å². The zero-order chi connectivity index (χ0) is 14.5. The van der Waals surface area contributed by atoms with Gasteiger partial charge in [-0.25, -0.2) is 4.79 Å². The number of carbonyl (C=O) groups is 1. The fraction of sp³-hybridized carbons (Fsp3) is 0.500. The second-order valence-corrected chi connectivity index (χ2v) is 5.01. The number of rotatable bonds is 7. The van der Waals surface area contributed by atoms with Gasteiger partial charge in [-0.15, -0.1) is 0 Å². The molecule has 20 heavy (non-hydrogen) atoms. The van der Waals surface area contributed by atoms with Crippen LogP contribution in [0.3, 0.4) is 0 Å². The van der Waals surface area contributed by atoms with E-state index < -0.39 is 16.6 Å². The molecule has 0 radical (unpaired) electrons. The molecule has 0 saturated heterocycles. The van der Waals surface area contributed by atoms with Gasteiger partial charge in [-0.1, -0.05) is 31.4 Å². The van der Waals surface area contributed by atoms with Crippen molar-refractivity contribution in [2.24, 2.45) is 5.92 Å². The van der Waals surface area contributed by atoms with Gasteiger partial charge in [0.15, 0.2) is 0 Å². The quantitative estimate of drug-likeness (QED) is 0.470. The van der Waals surface area contributed by atoms with Crippen LogP contribution < -0.4 is 0 Å². The van der Waals surface area contributed by atoms with Gasteiger partial charge in [-0.3, -0.25) is 10.1 Å². The first kappa shape index (κ1) is 14.5. The molecule has 1 aromatic rings. The second kappa shape index (κ2) is 6.47. The molecule has 6 heteroatoms. The molecule has 0 bridgehead atoms. The predicted octanol–water partition coefficient (Wildman–Crippen LogP) is 3.00. The van der Waals surface area contributed by atoms with E-state index in [9.17, 15) is 14.9 Å². The van der Waals surface area contributed by atoms with Crippen molar-refractivity contribution in [3.8, 4) is 0 Å². The Labute approximate surface area is 116 Å². The van der Waals surface area contributed by atoms with E-state index in [1.165, 1.54) is 31.4 Å². The van der Waals surface area contributed by atoms with Crippen LogP contribution in [-0.2, 0) is 11.3 Å². The molecule has 6 nitrogen and oxygen atoms in total. The molecule has 0 amide bonds. The van der Waals surface area contributed by atoms with Gasteiger partial charge < -0.3 is 9.84 Å². The van der Waals surface area contributed by atoms with Crippen LogP contribution in [0.4, 0.5) is 5.69 Å². The van der Waals surface area contributed by atoms with Gasteiger partial charge in [0.25, 0.3) is 5.69 Å². The summed E-state index contributed by atoms with van der Waals surface area (Å²) in [5.41, 5.74) is -0.320. The molecular formula is C14H17NO5. The van der Waals surface area contributed by atoms with Crippen molar-refractivity contribution < 1.29 is 19.6 Å². The molecule has 0 aliphatic heterocycles. The van der Waals surface area contributed by atoms with Gasteiger partial charge in [0, 0.05) is 12.7 Å². The van der Waals surface area contributed by atoms with E-state index in [1.807, 2.05) is 0 Å². The summed E-state index contributed by atoms with van der Waals surface area (Å²) in [6.07, 6.45) is 4.72. The topological polar surface area (TPSA) is 89.7 Å². The van der Waals surface area contributed by atoms with Crippen LogP contribution in [-0.4, -0.2) is 22.6 Å². The molecule has 1 aliphatic rings. The molecule has 0 heterocycles. The van der Waals surface area contributed by atoms with Gasteiger partial charge in [0.2, 0.25) is 0 Å². The van der Waals surface area contributed by atoms with Crippen molar-refractivity contribution >= 4 is 11.7 Å². The Morgan fingerprint density at radius 3 is 2.75 bits per heavy atom. The zero-order valence-electron chi connectivity index (χ0n) is 11.1. The molecule has 0 unspecified atom stereocenters. The number of benzene rings is 1. The zero-order valence-corrected chi connectivity index (χ0v) is 11.1. The number of ether oxygens (including phenoxy) is 1. The smallest absolute Gasteiger partial charge is 0.343 e. The number of hydrogen-bond donors (Lipinski definition) is 1. The van der Waals surface area contributed by atoms with Crippen molar-refractivity contribution in [3.63, 3.8) is 0 Å². The highest BCUT2D eigenvalue weighted by molar-refractivity contribution is 5.94. The Hall–Kier alpha value is -1.95. The number of hydrogen-bond acceptors (Lipinski definition) is 4. The minimum absolute atomic E-state index is 0.0933. The lowest BCUT2D eigenvalue weighted by Gasteiger charge is -2.24. The summed E-state index contributed by atoms with van der Waals surface area (Å²) in [6.45, 7) is 0.655. The summed E-state index contributed by atoms with van der Waals surface area (Å²) in [5.74, 6) is -0.575. The number of nitrogens with zero attached hydrogens (tertiary/aromatic N) is 1. The van der Waals surface area contributed by atoms with Crippen LogP contribution >= 0.6 is 0 Å².